The molecule has 0 amide bonds. The largest absolute Gasteiger partial charge is 0.493 e. The van der Waals surface area contributed by atoms with Crippen LogP contribution in [0.15, 0.2) is 6.20 Å². The van der Waals surface area contributed by atoms with Gasteiger partial charge in [-0.05, 0) is 26.8 Å². The van der Waals surface area contributed by atoms with Gasteiger partial charge in [-0.25, -0.2) is 0 Å². The molecular weight excluding hydrogens is 242 g/mol. The standard InChI is InChI=1S/C14H27N3O2/c1-7-11(18-5)13(15-8-2)14-12(19-6)9-16-17(14)10(3)4/h9-11,13,15H,7-8H2,1-6H3. The first-order chi connectivity index (χ1) is 9.10. The Bertz CT molecular complexity index is 373. The summed E-state index contributed by atoms with van der Waals surface area (Å²) in [6.45, 7) is 9.33. The third kappa shape index (κ3) is 3.48. The van der Waals surface area contributed by atoms with Crippen molar-refractivity contribution in [2.24, 2.45) is 0 Å². The van der Waals surface area contributed by atoms with E-state index >= 15 is 0 Å². The Morgan fingerprint density at radius 1 is 1.32 bits per heavy atom. The van der Waals surface area contributed by atoms with E-state index in [1.165, 1.54) is 0 Å². The van der Waals surface area contributed by atoms with Gasteiger partial charge >= 0.3 is 0 Å². The Labute approximate surface area is 116 Å². The van der Waals surface area contributed by atoms with Crippen molar-refractivity contribution in [3.8, 4) is 5.75 Å². The van der Waals surface area contributed by atoms with E-state index < -0.39 is 0 Å². The normalized spacial score (nSPS) is 14.7. The maximum absolute atomic E-state index is 5.61. The molecule has 0 aliphatic rings. The summed E-state index contributed by atoms with van der Waals surface area (Å²) in [5, 5.41) is 7.93. The molecule has 5 nitrogen and oxygen atoms in total. The van der Waals surface area contributed by atoms with Gasteiger partial charge in [0.15, 0.2) is 5.75 Å². The Morgan fingerprint density at radius 3 is 2.42 bits per heavy atom. The fourth-order valence-electron chi connectivity index (χ4n) is 2.38. The molecule has 0 saturated heterocycles. The van der Waals surface area contributed by atoms with E-state index in [1.54, 1.807) is 20.4 Å². The minimum atomic E-state index is 0.0832. The minimum absolute atomic E-state index is 0.0832. The number of methoxy groups -OCH3 is 2. The quantitative estimate of drug-likeness (QED) is 0.788. The highest BCUT2D eigenvalue weighted by Gasteiger charge is 2.28. The highest BCUT2D eigenvalue weighted by molar-refractivity contribution is 5.29. The maximum atomic E-state index is 5.61. The highest BCUT2D eigenvalue weighted by atomic mass is 16.5. The van der Waals surface area contributed by atoms with Gasteiger partial charge in [0.2, 0.25) is 0 Å². The minimum Gasteiger partial charge on any atom is -0.493 e. The SMILES string of the molecule is CCNC(c1c(OC)cnn1C(C)C)C(CC)OC. The van der Waals surface area contributed by atoms with Crippen LogP contribution in [0.25, 0.3) is 0 Å². The molecule has 0 fully saturated rings. The van der Waals surface area contributed by atoms with Crippen LogP contribution in [0.2, 0.25) is 0 Å². The summed E-state index contributed by atoms with van der Waals surface area (Å²) in [5.74, 6) is 0.815. The average molecular weight is 269 g/mol. The lowest BCUT2D eigenvalue weighted by Gasteiger charge is -2.28. The summed E-state index contributed by atoms with van der Waals surface area (Å²) in [6, 6.07) is 0.370. The van der Waals surface area contributed by atoms with Gasteiger partial charge < -0.3 is 14.8 Å². The van der Waals surface area contributed by atoms with Crippen molar-refractivity contribution in [3.63, 3.8) is 0 Å². The molecule has 2 unspecified atom stereocenters. The van der Waals surface area contributed by atoms with Crippen LogP contribution >= 0.6 is 0 Å². The van der Waals surface area contributed by atoms with Crippen molar-refractivity contribution in [1.82, 2.24) is 15.1 Å². The lowest BCUT2D eigenvalue weighted by Crippen LogP contribution is -2.35. The Morgan fingerprint density at radius 2 is 2.00 bits per heavy atom. The zero-order valence-electron chi connectivity index (χ0n) is 12.9. The first-order valence-electron chi connectivity index (χ1n) is 6.98. The molecule has 1 rings (SSSR count). The van der Waals surface area contributed by atoms with Gasteiger partial charge in [0.25, 0.3) is 0 Å². The van der Waals surface area contributed by atoms with Crippen molar-refractivity contribution >= 4 is 0 Å². The molecule has 0 aromatic carbocycles. The number of aromatic nitrogens is 2. The van der Waals surface area contributed by atoms with Gasteiger partial charge in [0.1, 0.15) is 5.69 Å². The van der Waals surface area contributed by atoms with E-state index in [2.05, 4.69) is 38.1 Å². The molecule has 5 heteroatoms. The first kappa shape index (κ1) is 16.0. The Hall–Kier alpha value is -1.07. The van der Waals surface area contributed by atoms with E-state index in [0.29, 0.717) is 0 Å². The molecular formula is C14H27N3O2. The molecule has 0 spiro atoms. The molecule has 0 saturated carbocycles. The Balaban J connectivity index is 3.22. The molecule has 2 atom stereocenters. The van der Waals surface area contributed by atoms with Gasteiger partial charge in [0, 0.05) is 13.2 Å². The summed E-state index contributed by atoms with van der Waals surface area (Å²) in [7, 11) is 3.43. The number of likely N-dealkylation sites (N-methyl/N-ethyl adjacent to an activating group) is 1. The number of nitrogens with zero attached hydrogens (tertiary/aromatic N) is 2. The number of ether oxygens (including phenoxy) is 2. The lowest BCUT2D eigenvalue weighted by molar-refractivity contribution is 0.0614. The first-order valence-corrected chi connectivity index (χ1v) is 6.98. The van der Waals surface area contributed by atoms with Crippen LogP contribution in [-0.4, -0.2) is 36.6 Å². The third-order valence-corrected chi connectivity index (χ3v) is 3.30. The van der Waals surface area contributed by atoms with Crippen molar-refractivity contribution in [1.29, 1.82) is 0 Å². The molecule has 110 valence electrons. The smallest absolute Gasteiger partial charge is 0.161 e. The fourth-order valence-corrected chi connectivity index (χ4v) is 2.38. The number of rotatable bonds is 8. The number of hydrogen-bond acceptors (Lipinski definition) is 4. The third-order valence-electron chi connectivity index (χ3n) is 3.30. The molecule has 0 bridgehead atoms. The molecule has 1 aromatic heterocycles. The summed E-state index contributed by atoms with van der Waals surface area (Å²) < 4.78 is 13.1. The molecule has 19 heavy (non-hydrogen) atoms. The van der Waals surface area contributed by atoms with Crippen LogP contribution < -0.4 is 10.1 Å². The summed E-state index contributed by atoms with van der Waals surface area (Å²) >= 11 is 0. The predicted molar refractivity (Wildman–Crippen MR) is 76.7 cm³/mol. The van der Waals surface area contributed by atoms with Crippen LogP contribution in [0.5, 0.6) is 5.75 Å². The molecule has 0 aliphatic carbocycles. The monoisotopic (exact) mass is 269 g/mol. The summed E-state index contributed by atoms with van der Waals surface area (Å²) in [5.41, 5.74) is 1.06. The number of nitrogens with one attached hydrogen (secondary N) is 1. The van der Waals surface area contributed by atoms with Crippen LogP contribution in [0.4, 0.5) is 0 Å². The van der Waals surface area contributed by atoms with Crippen molar-refractivity contribution < 1.29 is 9.47 Å². The fraction of sp³-hybridized carbons (Fsp3) is 0.786. The van der Waals surface area contributed by atoms with E-state index in [4.69, 9.17) is 9.47 Å². The summed E-state index contributed by atoms with van der Waals surface area (Å²) in [6.07, 6.45) is 2.81. The van der Waals surface area contributed by atoms with Gasteiger partial charge in [0.05, 0.1) is 25.5 Å². The molecule has 0 aliphatic heterocycles. The highest BCUT2D eigenvalue weighted by Crippen LogP contribution is 2.31. The zero-order chi connectivity index (χ0) is 14.4. The van der Waals surface area contributed by atoms with Crippen LogP contribution in [0.1, 0.15) is 51.9 Å². The second kappa shape index (κ2) is 7.50. The van der Waals surface area contributed by atoms with Gasteiger partial charge in [-0.15, -0.1) is 0 Å². The zero-order valence-corrected chi connectivity index (χ0v) is 12.9. The van der Waals surface area contributed by atoms with E-state index in [0.717, 1.165) is 24.4 Å². The van der Waals surface area contributed by atoms with Crippen LogP contribution in [0.3, 0.4) is 0 Å². The van der Waals surface area contributed by atoms with Crippen molar-refractivity contribution in [2.75, 3.05) is 20.8 Å². The van der Waals surface area contributed by atoms with Crippen molar-refractivity contribution in [2.45, 2.75) is 52.3 Å². The van der Waals surface area contributed by atoms with E-state index in [-0.39, 0.29) is 18.2 Å². The second-order valence-corrected chi connectivity index (χ2v) is 4.85. The van der Waals surface area contributed by atoms with Gasteiger partial charge in [-0.2, -0.15) is 5.10 Å². The Kier molecular flexibility index (Phi) is 6.31. The predicted octanol–water partition coefficient (Wildman–Crippen LogP) is 2.55. The van der Waals surface area contributed by atoms with Crippen LogP contribution in [0, 0.1) is 0 Å². The number of hydrogen-bond donors (Lipinski definition) is 1. The molecule has 0 radical (unpaired) electrons. The topological polar surface area (TPSA) is 48.3 Å². The van der Waals surface area contributed by atoms with E-state index in [9.17, 15) is 0 Å². The lowest BCUT2D eigenvalue weighted by atomic mass is 10.0. The van der Waals surface area contributed by atoms with Gasteiger partial charge in [-0.3, -0.25) is 4.68 Å². The molecule has 1 aromatic rings. The van der Waals surface area contributed by atoms with Crippen molar-refractivity contribution in [3.05, 3.63) is 11.9 Å². The molecule has 1 N–H and O–H groups in total. The maximum Gasteiger partial charge on any atom is 0.161 e. The van der Waals surface area contributed by atoms with E-state index in [1.807, 2.05) is 4.68 Å². The average Bonchev–Trinajstić information content (AvgIpc) is 2.82. The summed E-state index contributed by atoms with van der Waals surface area (Å²) in [4.78, 5) is 0. The van der Waals surface area contributed by atoms with Crippen LogP contribution in [-0.2, 0) is 4.74 Å². The second-order valence-electron chi connectivity index (χ2n) is 4.85. The van der Waals surface area contributed by atoms with Gasteiger partial charge in [-0.1, -0.05) is 13.8 Å². The molecule has 1 heterocycles.